The van der Waals surface area contributed by atoms with Gasteiger partial charge in [0.25, 0.3) is 0 Å². The number of nitrogens with one attached hydrogen (secondary N) is 1. The molecule has 9 heteroatoms. The van der Waals surface area contributed by atoms with Gasteiger partial charge in [-0.25, -0.2) is 4.39 Å². The van der Waals surface area contributed by atoms with E-state index in [2.05, 4.69) is 15.5 Å². The fourth-order valence-corrected chi connectivity index (χ4v) is 2.95. The first kappa shape index (κ1) is 18.0. The number of benzene rings is 1. The van der Waals surface area contributed by atoms with Crippen molar-refractivity contribution in [3.05, 3.63) is 36.0 Å². The molecule has 0 saturated carbocycles. The monoisotopic (exact) mass is 362 g/mol. The summed E-state index contributed by atoms with van der Waals surface area (Å²) < 4.78 is 18.4. The summed E-state index contributed by atoms with van der Waals surface area (Å²) in [5.74, 6) is -0.852. The molecule has 3 rings (SSSR count). The van der Waals surface area contributed by atoms with Crippen LogP contribution in [0.15, 0.2) is 28.8 Å². The van der Waals surface area contributed by atoms with Crippen molar-refractivity contribution in [2.24, 2.45) is 0 Å². The lowest BCUT2D eigenvalue weighted by molar-refractivity contribution is -0.138. The Hall–Kier alpha value is -2.81. The molecule has 1 amide bonds. The van der Waals surface area contributed by atoms with Crippen LogP contribution in [-0.4, -0.2) is 58.2 Å². The standard InChI is InChI=1S/C17H19FN4O4/c18-13-5-3-11(4-6-13)16-20-17(26-21-16)12-2-1-7-22(9-12)10-14(23)19-8-15(24)25/h3-6,12H,1-2,7-10H2,(H,19,23)(H,24,25). The van der Waals surface area contributed by atoms with Crippen LogP contribution in [0, 0.1) is 5.82 Å². The topological polar surface area (TPSA) is 109 Å². The Balaban J connectivity index is 1.60. The van der Waals surface area contributed by atoms with E-state index in [1.54, 1.807) is 12.1 Å². The van der Waals surface area contributed by atoms with Crippen LogP contribution in [0.4, 0.5) is 4.39 Å². The molecule has 0 spiro atoms. The number of hydrogen-bond donors (Lipinski definition) is 2. The third kappa shape index (κ3) is 4.63. The number of nitrogens with zero attached hydrogens (tertiary/aromatic N) is 3. The number of carboxylic acid groups (broad SMARTS) is 1. The van der Waals surface area contributed by atoms with Crippen molar-refractivity contribution in [1.82, 2.24) is 20.4 Å². The second-order valence-corrected chi connectivity index (χ2v) is 6.21. The predicted molar refractivity (Wildman–Crippen MR) is 88.8 cm³/mol. The minimum Gasteiger partial charge on any atom is -0.480 e. The summed E-state index contributed by atoms with van der Waals surface area (Å²) in [6.45, 7) is 1.06. The Morgan fingerprint density at radius 3 is 2.85 bits per heavy atom. The van der Waals surface area contributed by atoms with Crippen molar-refractivity contribution in [2.45, 2.75) is 18.8 Å². The zero-order chi connectivity index (χ0) is 18.5. The smallest absolute Gasteiger partial charge is 0.322 e. The highest BCUT2D eigenvalue weighted by molar-refractivity contribution is 5.82. The fourth-order valence-electron chi connectivity index (χ4n) is 2.95. The Kier molecular flexibility index (Phi) is 5.57. The summed E-state index contributed by atoms with van der Waals surface area (Å²) >= 11 is 0. The van der Waals surface area contributed by atoms with Crippen LogP contribution in [0.25, 0.3) is 11.4 Å². The summed E-state index contributed by atoms with van der Waals surface area (Å²) in [7, 11) is 0. The van der Waals surface area contributed by atoms with Crippen LogP contribution in [0.2, 0.25) is 0 Å². The van der Waals surface area contributed by atoms with Crippen molar-refractivity contribution in [1.29, 1.82) is 0 Å². The molecule has 1 aliphatic rings. The fraction of sp³-hybridized carbons (Fsp3) is 0.412. The maximum atomic E-state index is 13.0. The molecule has 1 aromatic carbocycles. The predicted octanol–water partition coefficient (Wildman–Crippen LogP) is 1.26. The number of piperidine rings is 1. The van der Waals surface area contributed by atoms with E-state index >= 15 is 0 Å². The number of likely N-dealkylation sites (tertiary alicyclic amines) is 1. The van der Waals surface area contributed by atoms with Gasteiger partial charge in [0, 0.05) is 12.1 Å². The Morgan fingerprint density at radius 2 is 2.12 bits per heavy atom. The number of aliphatic carboxylic acids is 1. The maximum absolute atomic E-state index is 13.0. The Bertz CT molecular complexity index is 777. The van der Waals surface area contributed by atoms with Crippen molar-refractivity contribution in [2.75, 3.05) is 26.2 Å². The molecule has 1 atom stereocenters. The zero-order valence-electron chi connectivity index (χ0n) is 14.0. The highest BCUT2D eigenvalue weighted by Crippen LogP contribution is 2.27. The summed E-state index contributed by atoms with van der Waals surface area (Å²) in [6, 6.07) is 5.85. The van der Waals surface area contributed by atoms with Gasteiger partial charge in [0.15, 0.2) is 0 Å². The lowest BCUT2D eigenvalue weighted by atomic mass is 9.98. The molecule has 2 N–H and O–H groups in total. The molecule has 26 heavy (non-hydrogen) atoms. The first-order chi connectivity index (χ1) is 12.5. The Morgan fingerprint density at radius 1 is 1.35 bits per heavy atom. The van der Waals surface area contributed by atoms with E-state index in [0.717, 1.165) is 19.4 Å². The SMILES string of the molecule is O=C(O)CNC(=O)CN1CCCC(c2nc(-c3ccc(F)cc3)no2)C1. The van der Waals surface area contributed by atoms with Gasteiger partial charge in [-0.2, -0.15) is 4.98 Å². The lowest BCUT2D eigenvalue weighted by Crippen LogP contribution is -2.43. The molecule has 1 aromatic heterocycles. The summed E-state index contributed by atoms with van der Waals surface area (Å²) in [6.07, 6.45) is 1.73. The van der Waals surface area contributed by atoms with Crippen LogP contribution < -0.4 is 5.32 Å². The van der Waals surface area contributed by atoms with Gasteiger partial charge in [-0.15, -0.1) is 0 Å². The van der Waals surface area contributed by atoms with Crippen molar-refractivity contribution < 1.29 is 23.6 Å². The molecule has 1 fully saturated rings. The number of halogens is 1. The van der Waals surface area contributed by atoms with Crippen molar-refractivity contribution in [3.63, 3.8) is 0 Å². The molecule has 138 valence electrons. The molecule has 1 saturated heterocycles. The van der Waals surface area contributed by atoms with E-state index in [-0.39, 0.29) is 30.7 Å². The van der Waals surface area contributed by atoms with Gasteiger partial charge in [-0.05, 0) is 43.7 Å². The molecule has 8 nitrogen and oxygen atoms in total. The average Bonchev–Trinajstić information content (AvgIpc) is 3.11. The molecule has 2 heterocycles. The van der Waals surface area contributed by atoms with E-state index in [0.29, 0.717) is 23.8 Å². The zero-order valence-corrected chi connectivity index (χ0v) is 14.0. The largest absolute Gasteiger partial charge is 0.480 e. The normalized spacial score (nSPS) is 17.8. The van der Waals surface area contributed by atoms with Gasteiger partial charge in [0.2, 0.25) is 17.6 Å². The number of carbonyl (C=O) groups is 2. The van der Waals surface area contributed by atoms with Crippen LogP contribution >= 0.6 is 0 Å². The van der Waals surface area contributed by atoms with Crippen molar-refractivity contribution in [3.8, 4) is 11.4 Å². The lowest BCUT2D eigenvalue weighted by Gasteiger charge is -2.30. The van der Waals surface area contributed by atoms with E-state index in [1.165, 1.54) is 12.1 Å². The van der Waals surface area contributed by atoms with E-state index < -0.39 is 5.97 Å². The number of hydrogen-bond acceptors (Lipinski definition) is 6. The number of carbonyl (C=O) groups excluding carboxylic acids is 1. The first-order valence-corrected chi connectivity index (χ1v) is 8.31. The second-order valence-electron chi connectivity index (χ2n) is 6.21. The van der Waals surface area contributed by atoms with Gasteiger partial charge >= 0.3 is 5.97 Å². The minimum absolute atomic E-state index is 0.00211. The van der Waals surface area contributed by atoms with Gasteiger partial charge in [0.1, 0.15) is 12.4 Å². The van der Waals surface area contributed by atoms with Gasteiger partial charge < -0.3 is 14.9 Å². The maximum Gasteiger partial charge on any atom is 0.322 e. The molecule has 0 bridgehead atoms. The summed E-state index contributed by atoms with van der Waals surface area (Å²) in [5.41, 5.74) is 0.669. The summed E-state index contributed by atoms with van der Waals surface area (Å²) in [4.78, 5) is 28.6. The minimum atomic E-state index is -1.07. The number of rotatable bonds is 6. The number of aromatic nitrogens is 2. The first-order valence-electron chi connectivity index (χ1n) is 8.31. The third-order valence-corrected chi connectivity index (χ3v) is 4.20. The van der Waals surface area contributed by atoms with E-state index in [4.69, 9.17) is 9.63 Å². The van der Waals surface area contributed by atoms with Gasteiger partial charge in [-0.1, -0.05) is 5.16 Å². The molecule has 0 aliphatic carbocycles. The number of carboxylic acids is 1. The van der Waals surface area contributed by atoms with Crippen LogP contribution in [-0.2, 0) is 9.59 Å². The summed E-state index contributed by atoms with van der Waals surface area (Å²) in [5, 5.41) is 14.9. The Labute approximate surface area is 149 Å². The number of amides is 1. The molecular weight excluding hydrogens is 343 g/mol. The molecule has 1 aliphatic heterocycles. The van der Waals surface area contributed by atoms with Crippen molar-refractivity contribution >= 4 is 11.9 Å². The van der Waals surface area contributed by atoms with Crippen LogP contribution in [0.3, 0.4) is 0 Å². The van der Waals surface area contributed by atoms with Gasteiger partial charge in [-0.3, -0.25) is 14.5 Å². The molecular formula is C17H19FN4O4. The second kappa shape index (κ2) is 8.05. The van der Waals surface area contributed by atoms with E-state index in [1.807, 2.05) is 4.90 Å². The van der Waals surface area contributed by atoms with E-state index in [9.17, 15) is 14.0 Å². The molecule has 0 radical (unpaired) electrons. The highest BCUT2D eigenvalue weighted by atomic mass is 19.1. The highest BCUT2D eigenvalue weighted by Gasteiger charge is 2.27. The average molecular weight is 362 g/mol. The molecule has 2 aromatic rings. The van der Waals surface area contributed by atoms with Crippen LogP contribution in [0.1, 0.15) is 24.7 Å². The van der Waals surface area contributed by atoms with Crippen LogP contribution in [0.5, 0.6) is 0 Å². The van der Waals surface area contributed by atoms with Gasteiger partial charge in [0.05, 0.1) is 12.5 Å². The third-order valence-electron chi connectivity index (χ3n) is 4.20. The molecule has 1 unspecified atom stereocenters. The quantitative estimate of drug-likeness (QED) is 0.796.